The van der Waals surface area contributed by atoms with Gasteiger partial charge in [0.2, 0.25) is 5.91 Å². The molecule has 0 aliphatic rings. The minimum atomic E-state index is 0.00722. The molecule has 1 aromatic rings. The third-order valence-electron chi connectivity index (χ3n) is 2.28. The van der Waals surface area contributed by atoms with E-state index in [2.05, 4.69) is 15.9 Å². The molecular formula is C12H16BrNO2. The van der Waals surface area contributed by atoms with Crippen molar-refractivity contribution in [2.75, 3.05) is 13.6 Å². The zero-order valence-electron chi connectivity index (χ0n) is 9.48. The van der Waals surface area contributed by atoms with E-state index >= 15 is 0 Å². The van der Waals surface area contributed by atoms with Crippen LogP contribution in [0.25, 0.3) is 0 Å². The zero-order chi connectivity index (χ0) is 12.1. The van der Waals surface area contributed by atoms with Gasteiger partial charge in [-0.15, -0.1) is 0 Å². The first-order valence-electron chi connectivity index (χ1n) is 5.15. The average Bonchev–Trinajstić information content (AvgIpc) is 2.20. The molecule has 0 saturated carbocycles. The fourth-order valence-electron chi connectivity index (χ4n) is 1.44. The van der Waals surface area contributed by atoms with Crippen LogP contribution in [0.15, 0.2) is 24.3 Å². The van der Waals surface area contributed by atoms with Crippen LogP contribution in [0.2, 0.25) is 0 Å². The largest absolute Gasteiger partial charge is 0.508 e. The highest BCUT2D eigenvalue weighted by molar-refractivity contribution is 9.09. The molecule has 1 aromatic carbocycles. The molecule has 16 heavy (non-hydrogen) atoms. The van der Waals surface area contributed by atoms with Gasteiger partial charge >= 0.3 is 0 Å². The maximum absolute atomic E-state index is 11.8. The summed E-state index contributed by atoms with van der Waals surface area (Å²) in [6, 6.07) is 6.91. The summed E-state index contributed by atoms with van der Waals surface area (Å²) in [4.78, 5) is 13.7. The van der Waals surface area contributed by atoms with Gasteiger partial charge in [-0.1, -0.05) is 41.1 Å². The van der Waals surface area contributed by atoms with Gasteiger partial charge in [0.25, 0.3) is 0 Å². The van der Waals surface area contributed by atoms with Crippen molar-refractivity contribution < 1.29 is 9.90 Å². The first kappa shape index (κ1) is 13.0. The van der Waals surface area contributed by atoms with Gasteiger partial charge in [0.05, 0.1) is 6.42 Å². The van der Waals surface area contributed by atoms with E-state index in [1.54, 1.807) is 30.1 Å². The van der Waals surface area contributed by atoms with Crippen molar-refractivity contribution in [2.45, 2.75) is 18.2 Å². The van der Waals surface area contributed by atoms with E-state index < -0.39 is 0 Å². The summed E-state index contributed by atoms with van der Waals surface area (Å²) in [6.07, 6.45) is 0.239. The maximum Gasteiger partial charge on any atom is 0.226 e. The lowest BCUT2D eigenvalue weighted by molar-refractivity contribution is -0.129. The molecule has 1 atom stereocenters. The van der Waals surface area contributed by atoms with Crippen LogP contribution in [0, 0.1) is 0 Å². The SMILES string of the molecule is CC(Br)CN(C)C(=O)Cc1ccccc1O. The fraction of sp³-hybridized carbons (Fsp3) is 0.417. The Kier molecular flexibility index (Phi) is 4.80. The van der Waals surface area contributed by atoms with Gasteiger partial charge in [0.15, 0.2) is 0 Å². The molecule has 0 aromatic heterocycles. The van der Waals surface area contributed by atoms with Gasteiger partial charge in [-0.05, 0) is 6.07 Å². The average molecular weight is 286 g/mol. The number of carbonyl (C=O) groups is 1. The second-order valence-electron chi connectivity index (χ2n) is 3.86. The lowest BCUT2D eigenvalue weighted by Gasteiger charge is -2.18. The van der Waals surface area contributed by atoms with Crippen LogP contribution in [-0.2, 0) is 11.2 Å². The molecule has 1 unspecified atom stereocenters. The molecule has 0 fully saturated rings. The third kappa shape index (κ3) is 3.85. The number of aromatic hydroxyl groups is 1. The molecule has 0 saturated heterocycles. The Bertz CT molecular complexity index is 366. The predicted octanol–water partition coefficient (Wildman–Crippen LogP) is 2.18. The Morgan fingerprint density at radius 2 is 2.12 bits per heavy atom. The smallest absolute Gasteiger partial charge is 0.226 e. The number of likely N-dealkylation sites (N-methyl/N-ethyl adjacent to an activating group) is 1. The molecule has 0 aliphatic carbocycles. The zero-order valence-corrected chi connectivity index (χ0v) is 11.1. The quantitative estimate of drug-likeness (QED) is 0.862. The van der Waals surface area contributed by atoms with Gasteiger partial charge in [0, 0.05) is 24.0 Å². The molecule has 88 valence electrons. The number of phenols is 1. The molecule has 1 rings (SSSR count). The van der Waals surface area contributed by atoms with E-state index in [1.807, 2.05) is 13.0 Å². The van der Waals surface area contributed by atoms with Crippen LogP contribution in [0.1, 0.15) is 12.5 Å². The highest BCUT2D eigenvalue weighted by Crippen LogP contribution is 2.16. The van der Waals surface area contributed by atoms with Crippen molar-refractivity contribution in [2.24, 2.45) is 0 Å². The highest BCUT2D eigenvalue weighted by Gasteiger charge is 2.13. The van der Waals surface area contributed by atoms with Crippen LogP contribution in [0.4, 0.5) is 0 Å². The molecule has 0 spiro atoms. The normalized spacial score (nSPS) is 12.2. The summed E-state index contributed by atoms with van der Waals surface area (Å²) in [5.74, 6) is 0.184. The van der Waals surface area contributed by atoms with Gasteiger partial charge in [-0.2, -0.15) is 0 Å². The lowest BCUT2D eigenvalue weighted by Crippen LogP contribution is -2.32. The van der Waals surface area contributed by atoms with Gasteiger partial charge in [-0.3, -0.25) is 4.79 Å². The van der Waals surface area contributed by atoms with Crippen molar-refractivity contribution >= 4 is 21.8 Å². The number of carbonyl (C=O) groups excluding carboxylic acids is 1. The summed E-state index contributed by atoms with van der Waals surface area (Å²) < 4.78 is 0. The monoisotopic (exact) mass is 285 g/mol. The first-order valence-corrected chi connectivity index (χ1v) is 6.07. The van der Waals surface area contributed by atoms with Gasteiger partial charge < -0.3 is 10.0 Å². The molecule has 1 amide bonds. The van der Waals surface area contributed by atoms with Crippen LogP contribution in [-0.4, -0.2) is 34.3 Å². The number of nitrogens with zero attached hydrogens (tertiary/aromatic N) is 1. The Morgan fingerprint density at radius 1 is 1.50 bits per heavy atom. The number of hydrogen-bond acceptors (Lipinski definition) is 2. The molecule has 4 heteroatoms. The maximum atomic E-state index is 11.8. The molecule has 0 heterocycles. The number of alkyl halides is 1. The fourth-order valence-corrected chi connectivity index (χ4v) is 1.87. The van der Waals surface area contributed by atoms with E-state index in [1.165, 1.54) is 0 Å². The molecule has 0 radical (unpaired) electrons. The predicted molar refractivity (Wildman–Crippen MR) is 67.8 cm³/mol. The number of halogens is 1. The van der Waals surface area contributed by atoms with Gasteiger partial charge in [0.1, 0.15) is 5.75 Å². The van der Waals surface area contributed by atoms with E-state index in [0.29, 0.717) is 12.1 Å². The summed E-state index contributed by atoms with van der Waals surface area (Å²) in [5.41, 5.74) is 0.668. The Morgan fingerprint density at radius 3 is 2.69 bits per heavy atom. The molecular weight excluding hydrogens is 270 g/mol. The molecule has 0 bridgehead atoms. The minimum Gasteiger partial charge on any atom is -0.508 e. The Balaban J connectivity index is 2.61. The van der Waals surface area contributed by atoms with Crippen LogP contribution >= 0.6 is 15.9 Å². The number of para-hydroxylation sites is 1. The van der Waals surface area contributed by atoms with Crippen LogP contribution < -0.4 is 0 Å². The van der Waals surface area contributed by atoms with Gasteiger partial charge in [-0.25, -0.2) is 0 Å². The Labute approximate surface area is 104 Å². The summed E-state index contributed by atoms with van der Waals surface area (Å²) in [6.45, 7) is 2.65. The minimum absolute atomic E-state index is 0.00722. The standard InChI is InChI=1S/C12H16BrNO2/c1-9(13)8-14(2)12(16)7-10-5-3-4-6-11(10)15/h3-6,9,15H,7-8H2,1-2H3. The van der Waals surface area contributed by atoms with E-state index in [9.17, 15) is 9.90 Å². The number of rotatable bonds is 4. The number of phenolic OH excluding ortho intramolecular Hbond substituents is 1. The molecule has 1 N–H and O–H groups in total. The summed E-state index contributed by atoms with van der Waals surface area (Å²) in [7, 11) is 1.76. The van der Waals surface area contributed by atoms with Crippen molar-refractivity contribution in [1.29, 1.82) is 0 Å². The Hall–Kier alpha value is -1.03. The lowest BCUT2D eigenvalue weighted by atomic mass is 10.1. The second kappa shape index (κ2) is 5.89. The number of benzene rings is 1. The first-order chi connectivity index (χ1) is 7.50. The second-order valence-corrected chi connectivity index (χ2v) is 5.42. The highest BCUT2D eigenvalue weighted by atomic mass is 79.9. The van der Waals surface area contributed by atoms with Crippen molar-refractivity contribution in [1.82, 2.24) is 4.90 Å². The summed E-state index contributed by atoms with van der Waals surface area (Å²) >= 11 is 3.40. The van der Waals surface area contributed by atoms with Crippen molar-refractivity contribution in [3.8, 4) is 5.75 Å². The van der Waals surface area contributed by atoms with Crippen molar-refractivity contribution in [3.63, 3.8) is 0 Å². The number of hydrogen-bond donors (Lipinski definition) is 1. The molecule has 0 aliphatic heterocycles. The van der Waals surface area contributed by atoms with E-state index in [4.69, 9.17) is 0 Å². The third-order valence-corrected chi connectivity index (χ3v) is 2.57. The van der Waals surface area contributed by atoms with Crippen molar-refractivity contribution in [3.05, 3.63) is 29.8 Å². The number of amides is 1. The summed E-state index contributed by atoms with van der Waals surface area (Å²) in [5, 5.41) is 9.54. The van der Waals surface area contributed by atoms with E-state index in [-0.39, 0.29) is 22.9 Å². The van der Waals surface area contributed by atoms with E-state index in [0.717, 1.165) is 0 Å². The topological polar surface area (TPSA) is 40.5 Å². The van der Waals surface area contributed by atoms with Crippen LogP contribution in [0.3, 0.4) is 0 Å². The van der Waals surface area contributed by atoms with Crippen LogP contribution in [0.5, 0.6) is 5.75 Å². The molecule has 3 nitrogen and oxygen atoms in total.